The van der Waals surface area contributed by atoms with Gasteiger partial charge in [0, 0.05) is 24.4 Å². The highest BCUT2D eigenvalue weighted by atomic mass is 32.2. The molecule has 0 fully saturated rings. The minimum absolute atomic E-state index is 0.0873. The van der Waals surface area contributed by atoms with Gasteiger partial charge in [0.05, 0.1) is 22.5 Å². The summed E-state index contributed by atoms with van der Waals surface area (Å²) < 4.78 is 31.2. The van der Waals surface area contributed by atoms with Crippen molar-refractivity contribution in [1.82, 2.24) is 4.98 Å². The van der Waals surface area contributed by atoms with Gasteiger partial charge >= 0.3 is 0 Å². The fourth-order valence-electron chi connectivity index (χ4n) is 1.95. The number of halogens is 1. The Morgan fingerprint density at radius 2 is 1.86 bits per heavy atom. The third-order valence-electron chi connectivity index (χ3n) is 3.15. The summed E-state index contributed by atoms with van der Waals surface area (Å²) in [6.07, 6.45) is 2.19. The van der Waals surface area contributed by atoms with Gasteiger partial charge < -0.3 is 5.11 Å². The van der Waals surface area contributed by atoms with Crippen molar-refractivity contribution in [3.63, 3.8) is 0 Å². The molecule has 112 valence electrons. The average Bonchev–Trinajstić information content (AvgIpc) is 2.47. The Balaban J connectivity index is 2.23. The number of nitrogens with one attached hydrogen (secondary N) is 1. The molecule has 6 heteroatoms. The van der Waals surface area contributed by atoms with Crippen LogP contribution in [0.15, 0.2) is 47.6 Å². The number of alkyl halides is 1. The summed E-state index contributed by atoms with van der Waals surface area (Å²) in [4.78, 5) is 4.05. The first kappa shape index (κ1) is 15.6. The predicted octanol–water partition coefficient (Wildman–Crippen LogP) is 3.18. The minimum atomic E-state index is -2.81. The molecule has 0 aliphatic rings. The van der Waals surface area contributed by atoms with Crippen LogP contribution in [-0.2, 0) is 9.73 Å². The molecular weight excluding hydrogens is 291 g/mol. The quantitative estimate of drug-likeness (QED) is 0.891. The SMILES string of the molecule is CS(=N)(=O)c1ccc(-c2ccc(C(O)CCF)cc2)cn1. The van der Waals surface area contributed by atoms with Gasteiger partial charge in [0.25, 0.3) is 0 Å². The molecule has 0 aliphatic heterocycles. The van der Waals surface area contributed by atoms with E-state index >= 15 is 0 Å². The molecule has 0 saturated carbocycles. The predicted molar refractivity (Wildman–Crippen MR) is 80.3 cm³/mol. The molecule has 0 aliphatic carbocycles. The fraction of sp³-hybridized carbons (Fsp3) is 0.267. The van der Waals surface area contributed by atoms with Crippen LogP contribution in [0.1, 0.15) is 18.1 Å². The molecular formula is C15H17FN2O2S. The standard InChI is InChI=1S/C15H17FN2O2S/c1-21(17,20)15-7-6-13(10-18-15)11-2-4-12(5-3-11)14(19)8-9-16/h2-7,10,14,17,19H,8-9H2,1H3. The van der Waals surface area contributed by atoms with Crippen molar-refractivity contribution in [2.45, 2.75) is 17.6 Å². The second-order valence-electron chi connectivity index (χ2n) is 4.84. The molecule has 0 amide bonds. The Kier molecular flexibility index (Phi) is 4.69. The lowest BCUT2D eigenvalue weighted by Crippen LogP contribution is -1.99. The molecule has 0 spiro atoms. The molecule has 1 aromatic heterocycles. The van der Waals surface area contributed by atoms with Gasteiger partial charge in [-0.1, -0.05) is 30.3 Å². The lowest BCUT2D eigenvalue weighted by atomic mass is 10.0. The number of hydrogen-bond donors (Lipinski definition) is 2. The Morgan fingerprint density at radius 3 is 2.33 bits per heavy atom. The van der Waals surface area contributed by atoms with E-state index in [0.717, 1.165) is 11.1 Å². The summed E-state index contributed by atoms with van der Waals surface area (Å²) in [5.74, 6) is 0. The van der Waals surface area contributed by atoms with Crippen molar-refractivity contribution in [2.24, 2.45) is 0 Å². The topological polar surface area (TPSA) is 74.0 Å². The summed E-state index contributed by atoms with van der Waals surface area (Å²) in [5.41, 5.74) is 2.38. The number of rotatable bonds is 5. The normalized spacial score (nSPS) is 15.4. The highest BCUT2D eigenvalue weighted by molar-refractivity contribution is 7.91. The first-order valence-electron chi connectivity index (χ1n) is 6.46. The van der Waals surface area contributed by atoms with Gasteiger partial charge in [0.1, 0.15) is 5.03 Å². The number of pyridine rings is 1. The fourth-order valence-corrected chi connectivity index (χ4v) is 2.53. The summed E-state index contributed by atoms with van der Waals surface area (Å²) >= 11 is 0. The first-order valence-corrected chi connectivity index (χ1v) is 8.42. The van der Waals surface area contributed by atoms with Crippen LogP contribution in [0.25, 0.3) is 11.1 Å². The zero-order chi connectivity index (χ0) is 15.5. The van der Waals surface area contributed by atoms with Crippen LogP contribution in [-0.4, -0.2) is 27.2 Å². The molecule has 2 N–H and O–H groups in total. The maximum Gasteiger partial charge on any atom is 0.135 e. The van der Waals surface area contributed by atoms with Crippen molar-refractivity contribution in [1.29, 1.82) is 4.78 Å². The Labute approximate surface area is 123 Å². The van der Waals surface area contributed by atoms with Gasteiger partial charge in [-0.25, -0.2) is 14.0 Å². The lowest BCUT2D eigenvalue weighted by molar-refractivity contribution is 0.156. The summed E-state index contributed by atoms with van der Waals surface area (Å²) in [6.45, 7) is -0.558. The maximum absolute atomic E-state index is 12.2. The van der Waals surface area contributed by atoms with Gasteiger partial charge in [-0.3, -0.25) is 4.39 Å². The highest BCUT2D eigenvalue weighted by Gasteiger charge is 2.08. The molecule has 0 radical (unpaired) electrons. The number of nitrogens with zero attached hydrogens (tertiary/aromatic N) is 1. The molecule has 2 atom stereocenters. The van der Waals surface area contributed by atoms with Crippen LogP contribution in [0, 0.1) is 4.78 Å². The Morgan fingerprint density at radius 1 is 1.24 bits per heavy atom. The summed E-state index contributed by atoms with van der Waals surface area (Å²) in [5, 5.41) is 9.95. The number of aromatic nitrogens is 1. The molecule has 1 aromatic carbocycles. The Hall–Kier alpha value is -1.79. The third kappa shape index (κ3) is 3.86. The van der Waals surface area contributed by atoms with E-state index in [4.69, 9.17) is 4.78 Å². The summed E-state index contributed by atoms with van der Waals surface area (Å²) in [6, 6.07) is 10.5. The molecule has 0 saturated heterocycles. The van der Waals surface area contributed by atoms with Crippen molar-refractivity contribution >= 4 is 9.73 Å². The number of hydrogen-bond acceptors (Lipinski definition) is 4. The van der Waals surface area contributed by atoms with E-state index in [9.17, 15) is 13.7 Å². The largest absolute Gasteiger partial charge is 0.388 e. The second kappa shape index (κ2) is 6.32. The van der Waals surface area contributed by atoms with Crippen molar-refractivity contribution in [2.75, 3.05) is 12.9 Å². The van der Waals surface area contributed by atoms with E-state index in [2.05, 4.69) is 4.98 Å². The first-order chi connectivity index (χ1) is 9.91. The van der Waals surface area contributed by atoms with Gasteiger partial charge in [-0.15, -0.1) is 0 Å². The molecule has 2 aromatic rings. The molecule has 2 rings (SSSR count). The monoisotopic (exact) mass is 308 g/mol. The van der Waals surface area contributed by atoms with Crippen LogP contribution >= 0.6 is 0 Å². The van der Waals surface area contributed by atoms with Crippen molar-refractivity contribution < 1.29 is 13.7 Å². The zero-order valence-electron chi connectivity index (χ0n) is 11.6. The molecule has 0 bridgehead atoms. The van der Waals surface area contributed by atoms with Crippen LogP contribution in [0.5, 0.6) is 0 Å². The lowest BCUT2D eigenvalue weighted by Gasteiger charge is -2.10. The number of benzene rings is 1. The van der Waals surface area contributed by atoms with Crippen molar-refractivity contribution in [3.05, 3.63) is 48.2 Å². The van der Waals surface area contributed by atoms with E-state index in [-0.39, 0.29) is 11.4 Å². The van der Waals surface area contributed by atoms with Gasteiger partial charge in [0.15, 0.2) is 0 Å². The smallest absolute Gasteiger partial charge is 0.135 e. The third-order valence-corrected chi connectivity index (χ3v) is 4.19. The second-order valence-corrected chi connectivity index (χ2v) is 6.95. The van der Waals surface area contributed by atoms with Crippen LogP contribution in [0.2, 0.25) is 0 Å². The van der Waals surface area contributed by atoms with E-state index < -0.39 is 22.5 Å². The van der Waals surface area contributed by atoms with E-state index in [0.29, 0.717) is 5.56 Å². The van der Waals surface area contributed by atoms with E-state index in [1.54, 1.807) is 30.5 Å². The van der Waals surface area contributed by atoms with Gasteiger partial charge in [0.2, 0.25) is 0 Å². The van der Waals surface area contributed by atoms with E-state index in [1.165, 1.54) is 6.26 Å². The number of aliphatic hydroxyl groups is 1. The maximum atomic E-state index is 12.2. The van der Waals surface area contributed by atoms with Crippen molar-refractivity contribution in [3.8, 4) is 11.1 Å². The molecule has 2 unspecified atom stereocenters. The van der Waals surface area contributed by atoms with Crippen LogP contribution in [0.3, 0.4) is 0 Å². The minimum Gasteiger partial charge on any atom is -0.388 e. The average molecular weight is 308 g/mol. The summed E-state index contributed by atoms with van der Waals surface area (Å²) in [7, 11) is -2.81. The number of aliphatic hydroxyl groups excluding tert-OH is 1. The van der Waals surface area contributed by atoms with Gasteiger partial charge in [-0.2, -0.15) is 0 Å². The van der Waals surface area contributed by atoms with Crippen LogP contribution < -0.4 is 0 Å². The molecule has 1 heterocycles. The highest BCUT2D eigenvalue weighted by Crippen LogP contribution is 2.23. The zero-order valence-corrected chi connectivity index (χ0v) is 12.4. The molecule has 21 heavy (non-hydrogen) atoms. The van der Waals surface area contributed by atoms with Crippen LogP contribution in [0.4, 0.5) is 4.39 Å². The Bertz CT molecular complexity index is 697. The van der Waals surface area contributed by atoms with E-state index in [1.807, 2.05) is 12.1 Å². The molecule has 4 nitrogen and oxygen atoms in total. The van der Waals surface area contributed by atoms with Gasteiger partial charge in [-0.05, 0) is 17.2 Å².